The van der Waals surface area contributed by atoms with Crippen molar-refractivity contribution in [1.82, 2.24) is 24.7 Å². The van der Waals surface area contributed by atoms with Gasteiger partial charge in [0.05, 0.1) is 6.54 Å². The van der Waals surface area contributed by atoms with E-state index in [9.17, 15) is 4.79 Å². The van der Waals surface area contributed by atoms with Crippen molar-refractivity contribution in [2.24, 2.45) is 0 Å². The van der Waals surface area contributed by atoms with E-state index in [0.717, 1.165) is 30.9 Å². The zero-order valence-electron chi connectivity index (χ0n) is 12.7. The SMILES string of the molecule is CCN(CC(=O)O)C1CC(Nc2ccc3nc(C)nn3n2)C1. The van der Waals surface area contributed by atoms with Crippen LogP contribution in [0.4, 0.5) is 5.82 Å². The van der Waals surface area contributed by atoms with Crippen LogP contribution in [-0.4, -0.2) is 61.0 Å². The Morgan fingerprint density at radius 3 is 2.91 bits per heavy atom. The summed E-state index contributed by atoms with van der Waals surface area (Å²) in [5, 5.41) is 20.8. The Morgan fingerprint density at radius 2 is 2.23 bits per heavy atom. The van der Waals surface area contributed by atoms with Gasteiger partial charge in [-0.1, -0.05) is 6.92 Å². The Balaban J connectivity index is 1.57. The molecule has 8 heteroatoms. The summed E-state index contributed by atoms with van der Waals surface area (Å²) in [6.07, 6.45) is 1.86. The molecular formula is C14H20N6O2. The molecule has 0 aromatic carbocycles. The fourth-order valence-electron chi connectivity index (χ4n) is 2.85. The van der Waals surface area contributed by atoms with Gasteiger partial charge in [-0.25, -0.2) is 4.98 Å². The molecule has 8 nitrogen and oxygen atoms in total. The highest BCUT2D eigenvalue weighted by Gasteiger charge is 2.33. The van der Waals surface area contributed by atoms with Gasteiger partial charge in [-0.3, -0.25) is 9.69 Å². The largest absolute Gasteiger partial charge is 0.480 e. The van der Waals surface area contributed by atoms with Gasteiger partial charge in [-0.2, -0.15) is 0 Å². The standard InChI is InChI=1S/C14H20N6O2/c1-3-19(8-14(21)22)11-6-10(7-11)16-12-4-5-13-15-9(2)17-20(13)18-12/h4-5,10-11H,3,6-8H2,1-2H3,(H,16,18)(H,21,22). The average Bonchev–Trinajstić information content (AvgIpc) is 2.79. The van der Waals surface area contributed by atoms with Crippen LogP contribution in [0.25, 0.3) is 5.65 Å². The maximum absolute atomic E-state index is 10.8. The summed E-state index contributed by atoms with van der Waals surface area (Å²) in [5.41, 5.74) is 0.730. The molecule has 2 N–H and O–H groups in total. The quantitative estimate of drug-likeness (QED) is 0.814. The molecular weight excluding hydrogens is 284 g/mol. The molecule has 2 aromatic rings. The minimum absolute atomic E-state index is 0.107. The fourth-order valence-corrected chi connectivity index (χ4v) is 2.85. The van der Waals surface area contributed by atoms with E-state index in [1.165, 1.54) is 4.63 Å². The number of hydrogen-bond acceptors (Lipinski definition) is 6. The number of fused-ring (bicyclic) bond motifs is 1. The van der Waals surface area contributed by atoms with E-state index in [4.69, 9.17) is 5.11 Å². The van der Waals surface area contributed by atoms with E-state index in [-0.39, 0.29) is 6.54 Å². The molecule has 0 amide bonds. The molecule has 1 aliphatic rings. The van der Waals surface area contributed by atoms with E-state index in [1.807, 2.05) is 30.9 Å². The molecule has 0 bridgehead atoms. The predicted octanol–water partition coefficient (Wildman–Crippen LogP) is 0.782. The van der Waals surface area contributed by atoms with E-state index in [2.05, 4.69) is 20.5 Å². The lowest BCUT2D eigenvalue weighted by Crippen LogP contribution is -2.51. The fraction of sp³-hybridized carbons (Fsp3) is 0.571. The molecule has 1 fully saturated rings. The number of nitrogens with one attached hydrogen (secondary N) is 1. The molecule has 0 aliphatic heterocycles. The summed E-state index contributed by atoms with van der Waals surface area (Å²) in [5.74, 6) is 0.690. The highest BCUT2D eigenvalue weighted by atomic mass is 16.4. The first-order chi connectivity index (χ1) is 10.5. The maximum Gasteiger partial charge on any atom is 0.317 e. The van der Waals surface area contributed by atoms with Crippen molar-refractivity contribution in [3.05, 3.63) is 18.0 Å². The van der Waals surface area contributed by atoms with Crippen molar-refractivity contribution < 1.29 is 9.90 Å². The Morgan fingerprint density at radius 1 is 1.45 bits per heavy atom. The van der Waals surface area contributed by atoms with Crippen molar-refractivity contribution in [3.8, 4) is 0 Å². The average molecular weight is 304 g/mol. The lowest BCUT2D eigenvalue weighted by molar-refractivity contribution is -0.139. The molecule has 0 radical (unpaired) electrons. The van der Waals surface area contributed by atoms with Crippen molar-refractivity contribution in [3.63, 3.8) is 0 Å². The van der Waals surface area contributed by atoms with Crippen LogP contribution in [0.2, 0.25) is 0 Å². The highest BCUT2D eigenvalue weighted by molar-refractivity contribution is 5.69. The Kier molecular flexibility index (Phi) is 3.93. The summed E-state index contributed by atoms with van der Waals surface area (Å²) >= 11 is 0. The van der Waals surface area contributed by atoms with E-state index < -0.39 is 5.97 Å². The number of carboxylic acid groups (broad SMARTS) is 1. The molecule has 2 heterocycles. The summed E-state index contributed by atoms with van der Waals surface area (Å²) in [6, 6.07) is 4.43. The Bertz CT molecular complexity index is 679. The smallest absolute Gasteiger partial charge is 0.317 e. The first kappa shape index (κ1) is 14.7. The zero-order chi connectivity index (χ0) is 15.7. The van der Waals surface area contributed by atoms with Crippen LogP contribution < -0.4 is 5.32 Å². The number of nitrogens with zero attached hydrogens (tertiary/aromatic N) is 5. The van der Waals surface area contributed by atoms with Crippen LogP contribution >= 0.6 is 0 Å². The van der Waals surface area contributed by atoms with Gasteiger partial charge in [0.25, 0.3) is 0 Å². The summed E-state index contributed by atoms with van der Waals surface area (Å²) in [4.78, 5) is 17.1. The van der Waals surface area contributed by atoms with Crippen LogP contribution in [0.5, 0.6) is 0 Å². The third-order valence-corrected chi connectivity index (χ3v) is 4.04. The van der Waals surface area contributed by atoms with Gasteiger partial charge in [0, 0.05) is 12.1 Å². The first-order valence-corrected chi connectivity index (χ1v) is 7.48. The first-order valence-electron chi connectivity index (χ1n) is 7.48. The number of rotatable bonds is 6. The Hall–Kier alpha value is -2.22. The number of carbonyl (C=O) groups is 1. The van der Waals surface area contributed by atoms with Gasteiger partial charge in [0.2, 0.25) is 0 Å². The van der Waals surface area contributed by atoms with E-state index in [0.29, 0.717) is 17.9 Å². The summed E-state index contributed by atoms with van der Waals surface area (Å²) in [7, 11) is 0. The van der Waals surface area contributed by atoms with Gasteiger partial charge < -0.3 is 10.4 Å². The van der Waals surface area contributed by atoms with E-state index >= 15 is 0 Å². The highest BCUT2D eigenvalue weighted by Crippen LogP contribution is 2.28. The summed E-state index contributed by atoms with van der Waals surface area (Å²) in [6.45, 7) is 4.69. The van der Waals surface area contributed by atoms with E-state index in [1.54, 1.807) is 0 Å². The van der Waals surface area contributed by atoms with Crippen LogP contribution in [0.1, 0.15) is 25.6 Å². The molecule has 0 unspecified atom stereocenters. The molecule has 22 heavy (non-hydrogen) atoms. The molecule has 2 aromatic heterocycles. The van der Waals surface area contributed by atoms with Gasteiger partial charge in [0.15, 0.2) is 5.65 Å². The lowest BCUT2D eigenvalue weighted by atomic mass is 9.85. The number of hydrogen-bond donors (Lipinski definition) is 2. The minimum atomic E-state index is -0.771. The molecule has 0 spiro atoms. The van der Waals surface area contributed by atoms with Crippen LogP contribution in [0, 0.1) is 6.92 Å². The molecule has 118 valence electrons. The minimum Gasteiger partial charge on any atom is -0.480 e. The van der Waals surface area contributed by atoms with Crippen molar-refractivity contribution >= 4 is 17.4 Å². The second-order valence-corrected chi connectivity index (χ2v) is 5.65. The predicted molar refractivity (Wildman–Crippen MR) is 80.8 cm³/mol. The number of aromatic nitrogens is 4. The van der Waals surface area contributed by atoms with Crippen LogP contribution in [0.3, 0.4) is 0 Å². The van der Waals surface area contributed by atoms with Gasteiger partial charge in [0.1, 0.15) is 11.6 Å². The third-order valence-electron chi connectivity index (χ3n) is 4.04. The molecule has 1 saturated carbocycles. The van der Waals surface area contributed by atoms with Crippen LogP contribution in [0.15, 0.2) is 12.1 Å². The van der Waals surface area contributed by atoms with Crippen molar-refractivity contribution in [2.45, 2.75) is 38.8 Å². The molecule has 0 atom stereocenters. The van der Waals surface area contributed by atoms with Crippen molar-refractivity contribution in [2.75, 3.05) is 18.4 Å². The number of anilines is 1. The second-order valence-electron chi connectivity index (χ2n) is 5.65. The summed E-state index contributed by atoms with van der Waals surface area (Å²) < 4.78 is 1.52. The monoisotopic (exact) mass is 304 g/mol. The van der Waals surface area contributed by atoms with Crippen molar-refractivity contribution in [1.29, 1.82) is 0 Å². The maximum atomic E-state index is 10.8. The number of likely N-dealkylation sites (N-methyl/N-ethyl adjacent to an activating group) is 1. The Labute approximate surface area is 128 Å². The normalized spacial score (nSPS) is 21.0. The molecule has 0 saturated heterocycles. The topological polar surface area (TPSA) is 95.7 Å². The number of aliphatic carboxylic acids is 1. The molecule has 1 aliphatic carbocycles. The number of aryl methyl sites for hydroxylation is 1. The number of carboxylic acids is 1. The molecule has 3 rings (SSSR count). The second kappa shape index (κ2) is 5.88. The van der Waals surface area contributed by atoms with Gasteiger partial charge in [-0.05, 0) is 38.4 Å². The lowest BCUT2D eigenvalue weighted by Gasteiger charge is -2.42. The van der Waals surface area contributed by atoms with Gasteiger partial charge >= 0.3 is 5.97 Å². The van der Waals surface area contributed by atoms with Crippen LogP contribution in [-0.2, 0) is 4.79 Å². The third kappa shape index (κ3) is 3.01. The van der Waals surface area contributed by atoms with Gasteiger partial charge in [-0.15, -0.1) is 14.8 Å². The zero-order valence-corrected chi connectivity index (χ0v) is 12.7.